The number of hydrogen-bond acceptors (Lipinski definition) is 6. The molecular weight excluding hydrogens is 246 g/mol. The molecule has 0 aliphatic heterocycles. The standard InChI is InChI=1S/C11H11N7O/c1-7(15-6-19)10-16-11(13)17-18(10)9-3-2-8(4-12)5-14-9/h2-3,5-7H,1H3,(H2,13,17)(H,15,19)/t7-/m0/s1. The van der Waals surface area contributed by atoms with Crippen LogP contribution in [0.2, 0.25) is 0 Å². The molecule has 0 radical (unpaired) electrons. The van der Waals surface area contributed by atoms with E-state index < -0.39 is 0 Å². The van der Waals surface area contributed by atoms with Crippen LogP contribution in [0.3, 0.4) is 0 Å². The van der Waals surface area contributed by atoms with Crippen LogP contribution in [0.25, 0.3) is 5.82 Å². The van der Waals surface area contributed by atoms with Crippen molar-refractivity contribution < 1.29 is 4.79 Å². The molecule has 1 atom stereocenters. The van der Waals surface area contributed by atoms with Gasteiger partial charge in [0.1, 0.15) is 6.07 Å². The number of nitrogens with one attached hydrogen (secondary N) is 1. The minimum Gasteiger partial charge on any atom is -0.366 e. The van der Waals surface area contributed by atoms with E-state index in [1.807, 2.05) is 6.07 Å². The summed E-state index contributed by atoms with van der Waals surface area (Å²) in [6.45, 7) is 1.75. The second kappa shape index (κ2) is 5.14. The third kappa shape index (κ3) is 2.50. The van der Waals surface area contributed by atoms with Gasteiger partial charge in [-0.1, -0.05) is 0 Å². The fourth-order valence-corrected chi connectivity index (χ4v) is 1.54. The van der Waals surface area contributed by atoms with Crippen LogP contribution in [0.1, 0.15) is 24.4 Å². The molecule has 2 aromatic rings. The Morgan fingerprint density at radius 2 is 2.37 bits per heavy atom. The predicted octanol–water partition coefficient (Wildman–Crippen LogP) is -0.0768. The van der Waals surface area contributed by atoms with Gasteiger partial charge >= 0.3 is 0 Å². The highest BCUT2D eigenvalue weighted by Crippen LogP contribution is 2.15. The summed E-state index contributed by atoms with van der Waals surface area (Å²) < 4.78 is 1.43. The zero-order valence-corrected chi connectivity index (χ0v) is 10.1. The van der Waals surface area contributed by atoms with E-state index in [1.165, 1.54) is 10.9 Å². The zero-order valence-electron chi connectivity index (χ0n) is 10.1. The van der Waals surface area contributed by atoms with E-state index in [2.05, 4.69) is 20.4 Å². The number of hydrogen-bond donors (Lipinski definition) is 2. The number of anilines is 1. The van der Waals surface area contributed by atoms with E-state index in [1.54, 1.807) is 19.1 Å². The largest absolute Gasteiger partial charge is 0.366 e. The molecule has 1 amide bonds. The third-order valence-electron chi connectivity index (χ3n) is 2.45. The monoisotopic (exact) mass is 257 g/mol. The van der Waals surface area contributed by atoms with E-state index in [0.717, 1.165) is 0 Å². The molecule has 19 heavy (non-hydrogen) atoms. The van der Waals surface area contributed by atoms with Crippen molar-refractivity contribution in [2.24, 2.45) is 0 Å². The molecule has 0 aliphatic rings. The van der Waals surface area contributed by atoms with Crippen molar-refractivity contribution in [1.29, 1.82) is 5.26 Å². The molecule has 2 aromatic heterocycles. The lowest BCUT2D eigenvalue weighted by Crippen LogP contribution is -2.20. The number of nitrogen functional groups attached to an aromatic ring is 1. The van der Waals surface area contributed by atoms with Crippen molar-refractivity contribution >= 4 is 12.4 Å². The minimum absolute atomic E-state index is 0.0840. The van der Waals surface area contributed by atoms with Crippen LogP contribution in [0.15, 0.2) is 18.3 Å². The Labute approximate surface area is 108 Å². The summed E-state index contributed by atoms with van der Waals surface area (Å²) in [7, 11) is 0. The maximum atomic E-state index is 10.5. The van der Waals surface area contributed by atoms with Gasteiger partial charge in [0.2, 0.25) is 12.4 Å². The summed E-state index contributed by atoms with van der Waals surface area (Å²) in [5.74, 6) is 1.01. The second-order valence-corrected chi connectivity index (χ2v) is 3.76. The van der Waals surface area contributed by atoms with Crippen LogP contribution in [0, 0.1) is 11.3 Å². The van der Waals surface area contributed by atoms with Crippen LogP contribution >= 0.6 is 0 Å². The molecule has 0 saturated carbocycles. The van der Waals surface area contributed by atoms with E-state index in [9.17, 15) is 4.79 Å². The molecule has 0 spiro atoms. The summed E-state index contributed by atoms with van der Waals surface area (Å²) in [5, 5.41) is 15.3. The number of nitrogens with zero attached hydrogens (tertiary/aromatic N) is 5. The summed E-state index contributed by atoms with van der Waals surface area (Å²) in [6, 6.07) is 4.86. The van der Waals surface area contributed by atoms with Crippen molar-refractivity contribution in [2.75, 3.05) is 5.73 Å². The first-order chi connectivity index (χ1) is 9.15. The van der Waals surface area contributed by atoms with Gasteiger partial charge in [-0.2, -0.15) is 14.9 Å². The Bertz CT molecular complexity index is 625. The summed E-state index contributed by atoms with van der Waals surface area (Å²) in [6.07, 6.45) is 2.00. The number of rotatable bonds is 4. The predicted molar refractivity (Wildman–Crippen MR) is 65.9 cm³/mol. The number of aromatic nitrogens is 4. The summed E-state index contributed by atoms with van der Waals surface area (Å²) in [4.78, 5) is 18.6. The number of carbonyl (C=O) groups excluding carboxylic acids is 1. The van der Waals surface area contributed by atoms with E-state index in [4.69, 9.17) is 11.0 Å². The molecule has 2 rings (SSSR count). The van der Waals surface area contributed by atoms with Crippen LogP contribution in [0.5, 0.6) is 0 Å². The number of nitrogens with two attached hydrogens (primary N) is 1. The Kier molecular flexibility index (Phi) is 3.38. The van der Waals surface area contributed by atoms with Gasteiger partial charge in [-0.3, -0.25) is 4.79 Å². The van der Waals surface area contributed by atoms with Crippen molar-refractivity contribution in [3.05, 3.63) is 29.7 Å². The molecule has 8 heteroatoms. The Balaban J connectivity index is 2.43. The normalized spacial score (nSPS) is 11.6. The molecule has 0 bridgehead atoms. The number of amides is 1. The lowest BCUT2D eigenvalue weighted by molar-refractivity contribution is -0.110. The maximum Gasteiger partial charge on any atom is 0.240 e. The van der Waals surface area contributed by atoms with Crippen LogP contribution in [-0.2, 0) is 4.79 Å². The number of carbonyl (C=O) groups is 1. The van der Waals surface area contributed by atoms with Crippen molar-refractivity contribution in [3.8, 4) is 11.9 Å². The van der Waals surface area contributed by atoms with Crippen molar-refractivity contribution in [3.63, 3.8) is 0 Å². The molecule has 3 N–H and O–H groups in total. The maximum absolute atomic E-state index is 10.5. The van der Waals surface area contributed by atoms with Gasteiger partial charge in [0.05, 0.1) is 11.6 Å². The average molecular weight is 257 g/mol. The third-order valence-corrected chi connectivity index (χ3v) is 2.45. The lowest BCUT2D eigenvalue weighted by atomic mass is 10.3. The van der Waals surface area contributed by atoms with Gasteiger partial charge in [0.15, 0.2) is 11.6 Å². The molecule has 0 unspecified atom stereocenters. The van der Waals surface area contributed by atoms with Gasteiger partial charge in [-0.05, 0) is 19.1 Å². The van der Waals surface area contributed by atoms with E-state index in [-0.39, 0.29) is 12.0 Å². The first-order valence-electron chi connectivity index (χ1n) is 5.44. The molecule has 0 fully saturated rings. The molecule has 2 heterocycles. The first kappa shape index (κ1) is 12.5. The highest BCUT2D eigenvalue weighted by atomic mass is 16.1. The fourth-order valence-electron chi connectivity index (χ4n) is 1.54. The first-order valence-corrected chi connectivity index (χ1v) is 5.44. The van der Waals surface area contributed by atoms with Gasteiger partial charge in [0.25, 0.3) is 0 Å². The molecule has 0 saturated heterocycles. The highest BCUT2D eigenvalue weighted by Gasteiger charge is 2.16. The number of nitriles is 1. The van der Waals surface area contributed by atoms with Crippen LogP contribution in [-0.4, -0.2) is 26.2 Å². The lowest BCUT2D eigenvalue weighted by Gasteiger charge is -2.10. The molecule has 96 valence electrons. The molecule has 0 aromatic carbocycles. The Morgan fingerprint density at radius 1 is 1.58 bits per heavy atom. The van der Waals surface area contributed by atoms with E-state index in [0.29, 0.717) is 23.6 Å². The zero-order chi connectivity index (χ0) is 13.8. The van der Waals surface area contributed by atoms with Crippen molar-refractivity contribution in [1.82, 2.24) is 25.1 Å². The van der Waals surface area contributed by atoms with Gasteiger partial charge in [-0.15, -0.1) is 5.10 Å². The highest BCUT2D eigenvalue weighted by molar-refractivity contribution is 5.47. The van der Waals surface area contributed by atoms with Gasteiger partial charge in [0, 0.05) is 6.20 Å². The van der Waals surface area contributed by atoms with Gasteiger partial charge < -0.3 is 11.1 Å². The average Bonchev–Trinajstić information content (AvgIpc) is 2.81. The summed E-state index contributed by atoms with van der Waals surface area (Å²) >= 11 is 0. The minimum atomic E-state index is -0.361. The number of pyridine rings is 1. The fraction of sp³-hybridized carbons (Fsp3) is 0.182. The second-order valence-electron chi connectivity index (χ2n) is 3.76. The van der Waals surface area contributed by atoms with E-state index >= 15 is 0 Å². The molecule has 8 nitrogen and oxygen atoms in total. The SMILES string of the molecule is C[C@H](NC=O)c1nc(N)nn1-c1ccc(C#N)cn1. The smallest absolute Gasteiger partial charge is 0.240 e. The van der Waals surface area contributed by atoms with Crippen LogP contribution < -0.4 is 11.1 Å². The Morgan fingerprint density at radius 3 is 2.95 bits per heavy atom. The topological polar surface area (TPSA) is 123 Å². The van der Waals surface area contributed by atoms with Crippen LogP contribution in [0.4, 0.5) is 5.95 Å². The van der Waals surface area contributed by atoms with Gasteiger partial charge in [-0.25, -0.2) is 4.98 Å². The molecule has 0 aliphatic carbocycles. The van der Waals surface area contributed by atoms with Crippen molar-refractivity contribution in [2.45, 2.75) is 13.0 Å². The summed E-state index contributed by atoms with van der Waals surface area (Å²) in [5.41, 5.74) is 6.01. The quantitative estimate of drug-likeness (QED) is 0.739. The molecular formula is C11H11N7O. The Hall–Kier alpha value is -2.95.